The van der Waals surface area contributed by atoms with Crippen LogP contribution in [-0.4, -0.2) is 22.6 Å². The van der Waals surface area contributed by atoms with Gasteiger partial charge in [-0.3, -0.25) is 9.78 Å². The number of anilines is 2. The molecule has 0 aliphatic heterocycles. The summed E-state index contributed by atoms with van der Waals surface area (Å²) in [6, 6.07) is 11.6. The van der Waals surface area contributed by atoms with Crippen LogP contribution in [-0.2, 0) is 6.42 Å². The van der Waals surface area contributed by atoms with E-state index in [1.54, 1.807) is 43.3 Å². The van der Waals surface area contributed by atoms with Crippen LogP contribution in [0.2, 0.25) is 0 Å². The molecule has 0 unspecified atom stereocenters. The number of carbonyl (C=O) groups excluding carboxylic acids is 1. The van der Waals surface area contributed by atoms with Crippen LogP contribution in [0.5, 0.6) is 0 Å². The van der Waals surface area contributed by atoms with E-state index >= 15 is 0 Å². The van der Waals surface area contributed by atoms with Crippen LogP contribution >= 0.6 is 0 Å². The summed E-state index contributed by atoms with van der Waals surface area (Å²) in [5.41, 5.74) is 1.49. The van der Waals surface area contributed by atoms with E-state index in [0.717, 1.165) is 0 Å². The predicted octanol–water partition coefficient (Wildman–Crippen LogP) is 3.23. The smallest absolute Gasteiger partial charge is 0.269 e. The van der Waals surface area contributed by atoms with E-state index < -0.39 is 0 Å². The minimum absolute atomic E-state index is 0.263. The second-order valence-corrected chi connectivity index (χ2v) is 5.47. The molecule has 25 heavy (non-hydrogen) atoms. The summed E-state index contributed by atoms with van der Waals surface area (Å²) in [6.45, 7) is 2.11. The van der Waals surface area contributed by atoms with Crippen LogP contribution in [0, 0.1) is 12.7 Å². The quantitative estimate of drug-likeness (QED) is 0.720. The summed E-state index contributed by atoms with van der Waals surface area (Å²) < 4.78 is 18.5. The Morgan fingerprint density at radius 3 is 2.84 bits per heavy atom. The molecular weight excluding hydrogens is 323 g/mol. The number of aryl methyl sites for hydroxylation is 1. The number of rotatable bonds is 6. The van der Waals surface area contributed by atoms with Gasteiger partial charge in [0.25, 0.3) is 5.91 Å². The van der Waals surface area contributed by atoms with E-state index in [4.69, 9.17) is 4.52 Å². The predicted molar refractivity (Wildman–Crippen MR) is 91.2 cm³/mol. The van der Waals surface area contributed by atoms with Gasteiger partial charge in [-0.1, -0.05) is 23.4 Å². The average molecular weight is 340 g/mol. The van der Waals surface area contributed by atoms with Crippen LogP contribution in [0.3, 0.4) is 0 Å². The van der Waals surface area contributed by atoms with Crippen molar-refractivity contribution in [2.24, 2.45) is 0 Å². The number of hydrogen-bond acceptors (Lipinski definition) is 5. The van der Waals surface area contributed by atoms with E-state index in [0.29, 0.717) is 35.8 Å². The number of carbonyl (C=O) groups is 1. The summed E-state index contributed by atoms with van der Waals surface area (Å²) in [7, 11) is 0. The lowest BCUT2D eigenvalue weighted by atomic mass is 10.1. The van der Waals surface area contributed by atoms with Crippen molar-refractivity contribution in [1.29, 1.82) is 0 Å². The summed E-state index contributed by atoms with van der Waals surface area (Å²) >= 11 is 0. The molecule has 2 heterocycles. The highest BCUT2D eigenvalue weighted by Gasteiger charge is 2.09. The fourth-order valence-electron chi connectivity index (χ4n) is 2.31. The number of pyridine rings is 1. The number of nitrogens with one attached hydrogen (secondary N) is 2. The molecule has 1 amide bonds. The van der Waals surface area contributed by atoms with Gasteiger partial charge in [0.2, 0.25) is 0 Å². The van der Waals surface area contributed by atoms with Gasteiger partial charge in [0.1, 0.15) is 17.3 Å². The van der Waals surface area contributed by atoms with Crippen LogP contribution in [0.15, 0.2) is 53.2 Å². The molecule has 2 aromatic heterocycles. The van der Waals surface area contributed by atoms with Crippen LogP contribution in [0.25, 0.3) is 0 Å². The van der Waals surface area contributed by atoms with Crippen molar-refractivity contribution in [3.63, 3.8) is 0 Å². The molecule has 0 fully saturated rings. The van der Waals surface area contributed by atoms with Gasteiger partial charge in [-0.05, 0) is 37.1 Å². The number of aromatic nitrogens is 2. The van der Waals surface area contributed by atoms with Crippen molar-refractivity contribution < 1.29 is 13.7 Å². The summed E-state index contributed by atoms with van der Waals surface area (Å²) in [4.78, 5) is 16.3. The first-order valence-electron chi connectivity index (χ1n) is 7.80. The summed E-state index contributed by atoms with van der Waals surface area (Å²) in [5.74, 6) is 0.637. The molecule has 6 nitrogen and oxygen atoms in total. The third-order valence-electron chi connectivity index (χ3n) is 3.53. The Bertz CT molecular complexity index is 879. The second kappa shape index (κ2) is 7.57. The zero-order valence-corrected chi connectivity index (χ0v) is 13.6. The molecule has 3 aromatic rings. The van der Waals surface area contributed by atoms with Gasteiger partial charge in [-0.25, -0.2) is 4.39 Å². The lowest BCUT2D eigenvalue weighted by Crippen LogP contribution is -2.26. The number of halogens is 1. The minimum Gasteiger partial charge on any atom is -0.360 e. The lowest BCUT2D eigenvalue weighted by Gasteiger charge is -2.07. The molecule has 0 radical (unpaired) electrons. The fraction of sp³-hybridized carbons (Fsp3) is 0.167. The van der Waals surface area contributed by atoms with Gasteiger partial charge < -0.3 is 15.2 Å². The van der Waals surface area contributed by atoms with Crippen molar-refractivity contribution in [2.75, 3.05) is 11.9 Å². The first kappa shape index (κ1) is 16.6. The molecule has 1 aromatic carbocycles. The van der Waals surface area contributed by atoms with Crippen LogP contribution in [0.4, 0.5) is 15.9 Å². The fourth-order valence-corrected chi connectivity index (χ4v) is 2.31. The Hall–Kier alpha value is -3.22. The maximum Gasteiger partial charge on any atom is 0.269 e. The maximum absolute atomic E-state index is 13.6. The third-order valence-corrected chi connectivity index (χ3v) is 3.53. The van der Waals surface area contributed by atoms with Crippen molar-refractivity contribution in [3.8, 4) is 0 Å². The molecule has 0 saturated heterocycles. The molecule has 0 spiro atoms. The zero-order valence-electron chi connectivity index (χ0n) is 13.6. The van der Waals surface area contributed by atoms with Crippen molar-refractivity contribution >= 4 is 17.4 Å². The molecule has 7 heteroatoms. The molecule has 0 aliphatic carbocycles. The average Bonchev–Trinajstić information content (AvgIpc) is 3.01. The first-order valence-corrected chi connectivity index (χ1v) is 7.80. The Balaban J connectivity index is 1.58. The number of amides is 1. The highest BCUT2D eigenvalue weighted by Crippen LogP contribution is 2.16. The van der Waals surface area contributed by atoms with E-state index in [1.807, 2.05) is 0 Å². The molecule has 3 rings (SSSR count). The molecular formula is C18H17FN4O2. The second-order valence-electron chi connectivity index (χ2n) is 5.47. The molecule has 0 bridgehead atoms. The SMILES string of the molecule is Cc1cc(Nc2ccnc(C(=O)NCCc3ccccc3F)c2)no1. The summed E-state index contributed by atoms with van der Waals surface area (Å²) in [6.07, 6.45) is 1.94. The van der Waals surface area contributed by atoms with Crippen molar-refractivity contribution in [3.05, 3.63) is 71.5 Å². The molecule has 0 aliphatic rings. The standard InChI is InChI=1S/C18H17FN4O2/c1-12-10-17(23-25-12)22-14-7-9-20-16(11-14)18(24)21-8-6-13-4-2-3-5-15(13)19/h2-5,7,9-11H,6,8H2,1H3,(H,21,24)(H,20,22,23). The van der Waals surface area contributed by atoms with Gasteiger partial charge in [0.15, 0.2) is 5.82 Å². The third kappa shape index (κ3) is 4.41. The lowest BCUT2D eigenvalue weighted by molar-refractivity contribution is 0.0949. The Morgan fingerprint density at radius 2 is 2.08 bits per heavy atom. The monoisotopic (exact) mass is 340 g/mol. The normalized spacial score (nSPS) is 10.5. The van der Waals surface area contributed by atoms with Gasteiger partial charge in [0.05, 0.1) is 0 Å². The molecule has 128 valence electrons. The highest BCUT2D eigenvalue weighted by atomic mass is 19.1. The first-order chi connectivity index (χ1) is 12.1. The maximum atomic E-state index is 13.6. The minimum atomic E-state index is -0.323. The number of nitrogens with zero attached hydrogens (tertiary/aromatic N) is 2. The van der Waals surface area contributed by atoms with Gasteiger partial charge in [0, 0.05) is 24.5 Å². The van der Waals surface area contributed by atoms with Crippen molar-refractivity contribution in [1.82, 2.24) is 15.5 Å². The van der Waals surface area contributed by atoms with E-state index in [9.17, 15) is 9.18 Å². The van der Waals surface area contributed by atoms with Crippen molar-refractivity contribution in [2.45, 2.75) is 13.3 Å². The van der Waals surface area contributed by atoms with Crippen LogP contribution < -0.4 is 10.6 Å². The Labute approximate surface area is 144 Å². The van der Waals surface area contributed by atoms with Gasteiger partial charge >= 0.3 is 0 Å². The van der Waals surface area contributed by atoms with E-state index in [-0.39, 0.29) is 17.4 Å². The number of hydrogen-bond donors (Lipinski definition) is 2. The number of benzene rings is 1. The van der Waals surface area contributed by atoms with E-state index in [2.05, 4.69) is 20.8 Å². The van der Waals surface area contributed by atoms with Crippen LogP contribution in [0.1, 0.15) is 21.8 Å². The largest absolute Gasteiger partial charge is 0.360 e. The highest BCUT2D eigenvalue weighted by molar-refractivity contribution is 5.93. The van der Waals surface area contributed by atoms with Gasteiger partial charge in [-0.2, -0.15) is 0 Å². The molecule has 2 N–H and O–H groups in total. The molecule has 0 saturated carbocycles. The topological polar surface area (TPSA) is 80.0 Å². The van der Waals surface area contributed by atoms with E-state index in [1.165, 1.54) is 12.3 Å². The Morgan fingerprint density at radius 1 is 1.24 bits per heavy atom. The Kier molecular flexibility index (Phi) is 5.03. The summed E-state index contributed by atoms with van der Waals surface area (Å²) in [5, 5.41) is 9.61. The van der Waals surface area contributed by atoms with Gasteiger partial charge in [-0.15, -0.1) is 0 Å². The zero-order chi connectivity index (χ0) is 17.6. The molecule has 0 atom stereocenters.